The van der Waals surface area contributed by atoms with E-state index in [4.69, 9.17) is 18.6 Å². The summed E-state index contributed by atoms with van der Waals surface area (Å²) in [7, 11) is -2.69. The normalized spacial score (nSPS) is 34.8. The van der Waals surface area contributed by atoms with Crippen LogP contribution in [0.4, 0.5) is 0 Å². The molecular weight excluding hydrogens is 564 g/mol. The molecule has 2 fully saturated rings. The number of carbonyl (C=O) groups excluding carboxylic acids is 1. The number of hydrogen-bond donors (Lipinski definition) is 0. The number of ether oxygens (including phenoxy) is 3. The Morgan fingerprint density at radius 3 is 2.07 bits per heavy atom. The van der Waals surface area contributed by atoms with E-state index in [1.807, 2.05) is 6.92 Å². The van der Waals surface area contributed by atoms with Crippen LogP contribution in [0.2, 0.25) is 5.04 Å². The first-order valence-corrected chi connectivity index (χ1v) is 18.8. The van der Waals surface area contributed by atoms with Gasteiger partial charge < -0.3 is 23.4 Å². The third-order valence-electron chi connectivity index (χ3n) is 10.9. The Morgan fingerprint density at radius 1 is 0.955 bits per heavy atom. The van der Waals surface area contributed by atoms with Crippen molar-refractivity contribution in [1.82, 2.24) is 0 Å². The first kappa shape index (κ1) is 33.3. The Bertz CT molecular complexity index is 1250. The van der Waals surface area contributed by atoms with Crippen molar-refractivity contribution in [1.29, 1.82) is 0 Å². The molecule has 5 nitrogen and oxygen atoms in total. The average Bonchev–Trinajstić information content (AvgIpc) is 3.28. The van der Waals surface area contributed by atoms with E-state index in [0.29, 0.717) is 31.8 Å². The van der Waals surface area contributed by atoms with Crippen LogP contribution in [-0.4, -0.2) is 44.5 Å². The van der Waals surface area contributed by atoms with Gasteiger partial charge in [0, 0.05) is 30.8 Å². The molecule has 0 bridgehead atoms. The summed E-state index contributed by atoms with van der Waals surface area (Å²) >= 11 is 0. The van der Waals surface area contributed by atoms with Crippen molar-refractivity contribution in [3.63, 3.8) is 0 Å². The fraction of sp³-hybridized carbons (Fsp3) is 0.605. The van der Waals surface area contributed by atoms with Gasteiger partial charge >= 0.3 is 0 Å². The first-order chi connectivity index (χ1) is 20.9. The molecule has 0 amide bonds. The largest absolute Gasteiger partial charge is 0.407 e. The highest BCUT2D eigenvalue weighted by atomic mass is 28.4. The van der Waals surface area contributed by atoms with Crippen LogP contribution >= 0.6 is 0 Å². The second kappa shape index (κ2) is 12.6. The van der Waals surface area contributed by atoms with Gasteiger partial charge in [0.2, 0.25) is 0 Å². The third-order valence-corrected chi connectivity index (χ3v) is 15.9. The van der Waals surface area contributed by atoms with E-state index in [0.717, 1.165) is 19.1 Å². The summed E-state index contributed by atoms with van der Waals surface area (Å²) in [5.41, 5.74) is -0.800. The second-order valence-corrected chi connectivity index (χ2v) is 19.1. The summed E-state index contributed by atoms with van der Waals surface area (Å²) in [6.45, 7) is 18.5. The van der Waals surface area contributed by atoms with Crippen LogP contribution in [0.3, 0.4) is 0 Å². The zero-order valence-electron chi connectivity index (χ0n) is 28.2. The van der Waals surface area contributed by atoms with Crippen molar-refractivity contribution in [3.05, 3.63) is 72.8 Å². The molecule has 0 radical (unpaired) electrons. The molecule has 0 aliphatic carbocycles. The van der Waals surface area contributed by atoms with Crippen molar-refractivity contribution in [2.24, 2.45) is 23.7 Å². The van der Waals surface area contributed by atoms with E-state index in [2.05, 4.69) is 121 Å². The average molecular weight is 619 g/mol. The monoisotopic (exact) mass is 618 g/mol. The quantitative estimate of drug-likeness (QED) is 0.166. The second-order valence-electron chi connectivity index (χ2n) is 14.8. The van der Waals surface area contributed by atoms with Gasteiger partial charge in [-0.25, -0.2) is 0 Å². The predicted molar refractivity (Wildman–Crippen MR) is 179 cm³/mol. The molecule has 2 aromatic carbocycles. The van der Waals surface area contributed by atoms with Gasteiger partial charge in [-0.05, 0) is 53.1 Å². The van der Waals surface area contributed by atoms with Crippen molar-refractivity contribution < 1.29 is 23.4 Å². The molecule has 44 heavy (non-hydrogen) atoms. The van der Waals surface area contributed by atoms with Gasteiger partial charge in [-0.3, -0.25) is 0 Å². The van der Waals surface area contributed by atoms with Crippen LogP contribution in [0.25, 0.3) is 0 Å². The molecule has 5 rings (SSSR count). The summed E-state index contributed by atoms with van der Waals surface area (Å²) in [5.74, 6) is -1.04. The zero-order valence-corrected chi connectivity index (χ0v) is 29.2. The lowest BCUT2D eigenvalue weighted by Gasteiger charge is -2.54. The molecule has 6 heteroatoms. The maximum Gasteiger partial charge on any atom is 0.261 e. The summed E-state index contributed by atoms with van der Waals surface area (Å²) < 4.78 is 28.2. The van der Waals surface area contributed by atoms with Crippen LogP contribution in [0.1, 0.15) is 87.5 Å². The van der Waals surface area contributed by atoms with E-state index in [-0.39, 0.29) is 28.9 Å². The summed E-state index contributed by atoms with van der Waals surface area (Å²) in [5, 5.41) is 2.49. The lowest BCUT2D eigenvalue weighted by atomic mass is 9.77. The minimum absolute atomic E-state index is 0.0482. The van der Waals surface area contributed by atoms with Gasteiger partial charge in [0.25, 0.3) is 8.32 Å². The van der Waals surface area contributed by atoms with Gasteiger partial charge in [0.05, 0.1) is 6.10 Å². The summed E-state index contributed by atoms with van der Waals surface area (Å²) in [4.78, 5) is 12.2. The molecule has 3 heterocycles. The van der Waals surface area contributed by atoms with Crippen molar-refractivity contribution in [2.45, 2.75) is 116 Å². The molecule has 8 atom stereocenters. The molecule has 0 N–H and O–H groups in total. The maximum atomic E-state index is 12.2. The topological polar surface area (TPSA) is 54.0 Å². The predicted octanol–water partition coefficient (Wildman–Crippen LogP) is 7.42. The maximum absolute atomic E-state index is 12.2. The van der Waals surface area contributed by atoms with E-state index in [1.165, 1.54) is 10.4 Å². The zero-order chi connectivity index (χ0) is 31.8. The molecule has 0 aromatic heterocycles. The van der Waals surface area contributed by atoms with Crippen molar-refractivity contribution in [3.8, 4) is 0 Å². The first-order valence-electron chi connectivity index (χ1n) is 16.9. The van der Waals surface area contributed by atoms with Crippen LogP contribution in [-0.2, 0) is 23.4 Å². The number of rotatable bonds is 9. The van der Waals surface area contributed by atoms with Crippen LogP contribution < -0.4 is 10.4 Å². The Labute approximate surface area is 266 Å². The van der Waals surface area contributed by atoms with Gasteiger partial charge in [-0.15, -0.1) is 0 Å². The van der Waals surface area contributed by atoms with Crippen LogP contribution in [0.5, 0.6) is 0 Å². The lowest BCUT2D eigenvalue weighted by molar-refractivity contribution is -0.394. The molecule has 3 aliphatic rings. The van der Waals surface area contributed by atoms with Gasteiger partial charge in [0.15, 0.2) is 17.9 Å². The summed E-state index contributed by atoms with van der Waals surface area (Å²) in [6, 6.07) is 21.7. The standard InChI is InChI=1S/C38H54O5Si/c1-9-31(26-40-44(35(6,7)8,32-18-13-11-14-19-32)33-20-15-12-16-21-33)34-28(3)24-29(4)37(41-34)22-17-23-38(43-37)30(5)25-36(10-2,27-39)42-38/h11-22,27-31,34H,9-10,23-26H2,1-8H3/t28-,29+,30+,31-,34-,36+,37+,38-/m0/s1. The molecule has 0 saturated carbocycles. The molecule has 240 valence electrons. The van der Waals surface area contributed by atoms with E-state index in [1.54, 1.807) is 0 Å². The molecular formula is C38H54O5Si. The number of carbonyl (C=O) groups is 1. The Hall–Kier alpha value is -2.09. The fourth-order valence-corrected chi connectivity index (χ4v) is 12.9. The van der Waals surface area contributed by atoms with Crippen molar-refractivity contribution >= 4 is 25.0 Å². The highest BCUT2D eigenvalue weighted by molar-refractivity contribution is 6.99. The minimum Gasteiger partial charge on any atom is -0.407 e. The summed E-state index contributed by atoms with van der Waals surface area (Å²) in [6.07, 6.45) is 9.05. The van der Waals surface area contributed by atoms with Crippen molar-refractivity contribution in [2.75, 3.05) is 6.61 Å². The number of hydrogen-bond acceptors (Lipinski definition) is 5. The Morgan fingerprint density at radius 2 is 1.57 bits per heavy atom. The Balaban J connectivity index is 1.45. The highest BCUT2D eigenvalue weighted by Gasteiger charge is 2.61. The molecule has 2 spiro atoms. The minimum atomic E-state index is -2.69. The third kappa shape index (κ3) is 5.70. The van der Waals surface area contributed by atoms with Gasteiger partial charge in [-0.2, -0.15) is 0 Å². The van der Waals surface area contributed by atoms with Crippen LogP contribution in [0.15, 0.2) is 72.8 Å². The van der Waals surface area contributed by atoms with E-state index in [9.17, 15) is 4.79 Å². The smallest absolute Gasteiger partial charge is 0.261 e. The molecule has 3 aliphatic heterocycles. The molecule has 0 unspecified atom stereocenters. The lowest BCUT2D eigenvalue weighted by Crippen LogP contribution is -2.67. The SMILES string of the molecule is CC[C@@H](CO[Si](c1ccccc1)(c1ccccc1)C(C)(C)C)[C@H]1O[C@@]2(C=CC[C@]3(O[C@](C=O)(CC)C[C@H]3C)O2)[C@H](C)C[C@@H]1C. The Kier molecular flexibility index (Phi) is 9.53. The molecule has 2 saturated heterocycles. The van der Waals surface area contributed by atoms with Crippen LogP contribution in [0, 0.1) is 23.7 Å². The van der Waals surface area contributed by atoms with E-state index >= 15 is 0 Å². The van der Waals surface area contributed by atoms with Gasteiger partial charge in [-0.1, -0.05) is 122 Å². The number of benzene rings is 2. The highest BCUT2D eigenvalue weighted by Crippen LogP contribution is 2.54. The fourth-order valence-electron chi connectivity index (χ4n) is 8.26. The van der Waals surface area contributed by atoms with E-state index < -0.39 is 25.5 Å². The van der Waals surface area contributed by atoms with Gasteiger partial charge in [0.1, 0.15) is 5.60 Å². The molecule has 2 aromatic rings. The number of aldehydes is 1.